The van der Waals surface area contributed by atoms with Crippen LogP contribution in [0.3, 0.4) is 0 Å². The van der Waals surface area contributed by atoms with Crippen molar-refractivity contribution in [3.8, 4) is 0 Å². The molecule has 0 spiro atoms. The van der Waals surface area contributed by atoms with Gasteiger partial charge in [0.25, 0.3) is 0 Å². The predicted octanol–water partition coefficient (Wildman–Crippen LogP) is 2.85. The number of aliphatic imine (C=N–C) groups is 1. The van der Waals surface area contributed by atoms with Crippen LogP contribution in [-0.4, -0.2) is 50.2 Å². The van der Waals surface area contributed by atoms with Gasteiger partial charge in [0, 0.05) is 38.3 Å². The summed E-state index contributed by atoms with van der Waals surface area (Å²) in [5.41, 5.74) is 0.461. The number of anilines is 1. The van der Waals surface area contributed by atoms with Crippen molar-refractivity contribution in [3.63, 3.8) is 0 Å². The Morgan fingerprint density at radius 3 is 2.96 bits per heavy atom. The van der Waals surface area contributed by atoms with E-state index in [1.54, 1.807) is 0 Å². The van der Waals surface area contributed by atoms with Crippen molar-refractivity contribution in [2.24, 2.45) is 4.99 Å². The van der Waals surface area contributed by atoms with Crippen molar-refractivity contribution in [2.75, 3.05) is 43.1 Å². The van der Waals surface area contributed by atoms with Crippen LogP contribution in [0.5, 0.6) is 0 Å². The minimum atomic E-state index is -0.545. The van der Waals surface area contributed by atoms with Gasteiger partial charge in [-0.15, -0.1) is 0 Å². The van der Waals surface area contributed by atoms with Crippen LogP contribution in [0, 0.1) is 11.6 Å². The zero-order valence-electron chi connectivity index (χ0n) is 14.3. The Labute approximate surface area is 147 Å². The molecule has 1 atom stereocenters. The predicted molar refractivity (Wildman–Crippen MR) is 99.1 cm³/mol. The fourth-order valence-electron chi connectivity index (χ4n) is 2.75. The lowest BCUT2D eigenvalue weighted by Gasteiger charge is -2.21. The van der Waals surface area contributed by atoms with E-state index in [1.807, 2.05) is 23.6 Å². The van der Waals surface area contributed by atoms with Gasteiger partial charge in [0.15, 0.2) is 5.96 Å². The molecule has 1 aromatic rings. The van der Waals surface area contributed by atoms with Gasteiger partial charge in [0.2, 0.25) is 0 Å². The van der Waals surface area contributed by atoms with Gasteiger partial charge in [0.1, 0.15) is 11.6 Å². The molecule has 134 valence electrons. The fourth-order valence-corrected chi connectivity index (χ4v) is 3.17. The molecule has 0 radical (unpaired) electrons. The van der Waals surface area contributed by atoms with Crippen LogP contribution in [-0.2, 0) is 0 Å². The quantitative estimate of drug-likeness (QED) is 0.448. The highest BCUT2D eigenvalue weighted by Gasteiger charge is 2.25. The standard InChI is InChI=1S/C17H26F2N4S/c1-3-20-17(21-8-4-10-24-2)22-14-7-9-23(12-14)16-6-5-13(18)11-15(16)19/h5-6,11,14H,3-4,7-10,12H2,1-2H3,(H2,20,21,22). The molecular formula is C17H26F2N4S. The summed E-state index contributed by atoms with van der Waals surface area (Å²) < 4.78 is 27.0. The molecule has 1 aliphatic heterocycles. The van der Waals surface area contributed by atoms with Crippen molar-refractivity contribution >= 4 is 23.4 Å². The largest absolute Gasteiger partial charge is 0.367 e. The van der Waals surface area contributed by atoms with Gasteiger partial charge in [-0.3, -0.25) is 4.99 Å². The zero-order valence-corrected chi connectivity index (χ0v) is 15.1. The lowest BCUT2D eigenvalue weighted by Crippen LogP contribution is -2.44. The van der Waals surface area contributed by atoms with Crippen molar-refractivity contribution in [2.45, 2.75) is 25.8 Å². The van der Waals surface area contributed by atoms with E-state index in [1.165, 1.54) is 12.1 Å². The fraction of sp³-hybridized carbons (Fsp3) is 0.588. The van der Waals surface area contributed by atoms with E-state index in [0.29, 0.717) is 12.2 Å². The maximum atomic E-state index is 13.9. The topological polar surface area (TPSA) is 39.7 Å². The number of rotatable bonds is 7. The van der Waals surface area contributed by atoms with E-state index in [2.05, 4.69) is 21.9 Å². The minimum absolute atomic E-state index is 0.202. The number of nitrogens with one attached hydrogen (secondary N) is 2. The van der Waals surface area contributed by atoms with E-state index in [-0.39, 0.29) is 6.04 Å². The Kier molecular flexibility index (Phi) is 7.62. The number of guanidine groups is 1. The Hall–Kier alpha value is -1.50. The summed E-state index contributed by atoms with van der Waals surface area (Å²) in [5.74, 6) is 0.861. The van der Waals surface area contributed by atoms with E-state index >= 15 is 0 Å². The van der Waals surface area contributed by atoms with E-state index in [0.717, 1.165) is 50.3 Å². The Morgan fingerprint density at radius 1 is 1.42 bits per heavy atom. The highest BCUT2D eigenvalue weighted by Crippen LogP contribution is 2.24. The van der Waals surface area contributed by atoms with E-state index < -0.39 is 11.6 Å². The third-order valence-corrected chi connectivity index (χ3v) is 4.60. The molecular weight excluding hydrogens is 330 g/mol. The molecule has 7 heteroatoms. The number of nitrogens with zero attached hydrogens (tertiary/aromatic N) is 2. The van der Waals surface area contributed by atoms with Crippen molar-refractivity contribution in [1.82, 2.24) is 10.6 Å². The SMILES string of the molecule is CCNC(=NCCCSC)NC1CCN(c2ccc(F)cc2F)C1. The third-order valence-electron chi connectivity index (χ3n) is 3.90. The van der Waals surface area contributed by atoms with Crippen molar-refractivity contribution in [3.05, 3.63) is 29.8 Å². The average Bonchev–Trinajstić information content (AvgIpc) is 3.00. The Balaban J connectivity index is 1.91. The molecule has 1 fully saturated rings. The molecule has 0 amide bonds. The van der Waals surface area contributed by atoms with Crippen LogP contribution < -0.4 is 15.5 Å². The second-order valence-electron chi connectivity index (χ2n) is 5.78. The van der Waals surface area contributed by atoms with Crippen LogP contribution in [0.25, 0.3) is 0 Å². The van der Waals surface area contributed by atoms with E-state index in [4.69, 9.17) is 0 Å². The summed E-state index contributed by atoms with van der Waals surface area (Å²) in [7, 11) is 0. The molecule has 1 aromatic carbocycles. The van der Waals surface area contributed by atoms with Crippen LogP contribution in [0.15, 0.2) is 23.2 Å². The first kappa shape index (κ1) is 18.8. The molecule has 1 aliphatic rings. The van der Waals surface area contributed by atoms with Crippen LogP contribution in [0.1, 0.15) is 19.8 Å². The summed E-state index contributed by atoms with van der Waals surface area (Å²) in [6, 6.07) is 3.95. The van der Waals surface area contributed by atoms with Crippen molar-refractivity contribution in [1.29, 1.82) is 0 Å². The highest BCUT2D eigenvalue weighted by molar-refractivity contribution is 7.98. The Morgan fingerprint density at radius 2 is 2.25 bits per heavy atom. The van der Waals surface area contributed by atoms with Gasteiger partial charge in [0.05, 0.1) is 5.69 Å². The lowest BCUT2D eigenvalue weighted by molar-refractivity contribution is 0.580. The third kappa shape index (κ3) is 5.54. The molecule has 24 heavy (non-hydrogen) atoms. The van der Waals surface area contributed by atoms with Gasteiger partial charge in [-0.1, -0.05) is 0 Å². The number of halogens is 2. The van der Waals surface area contributed by atoms with Gasteiger partial charge in [-0.2, -0.15) is 11.8 Å². The van der Waals surface area contributed by atoms with Crippen LogP contribution in [0.2, 0.25) is 0 Å². The molecule has 1 saturated heterocycles. The summed E-state index contributed by atoms with van der Waals surface area (Å²) in [6.07, 6.45) is 4.04. The van der Waals surface area contributed by atoms with Crippen LogP contribution >= 0.6 is 11.8 Å². The van der Waals surface area contributed by atoms with Crippen LogP contribution in [0.4, 0.5) is 14.5 Å². The lowest BCUT2D eigenvalue weighted by atomic mass is 10.2. The molecule has 1 unspecified atom stereocenters. The molecule has 4 nitrogen and oxygen atoms in total. The van der Waals surface area contributed by atoms with Gasteiger partial charge >= 0.3 is 0 Å². The summed E-state index contributed by atoms with van der Waals surface area (Å²) in [4.78, 5) is 6.53. The smallest absolute Gasteiger partial charge is 0.191 e. The monoisotopic (exact) mass is 356 g/mol. The number of hydrogen-bond donors (Lipinski definition) is 2. The first-order valence-electron chi connectivity index (χ1n) is 8.37. The number of thioether (sulfide) groups is 1. The van der Waals surface area contributed by atoms with Crippen molar-refractivity contribution < 1.29 is 8.78 Å². The van der Waals surface area contributed by atoms with Gasteiger partial charge < -0.3 is 15.5 Å². The summed E-state index contributed by atoms with van der Waals surface area (Å²) in [6.45, 7) is 5.05. The normalized spacial score (nSPS) is 18.1. The maximum Gasteiger partial charge on any atom is 0.191 e. The highest BCUT2D eigenvalue weighted by atomic mass is 32.2. The first-order valence-corrected chi connectivity index (χ1v) is 9.77. The number of benzene rings is 1. The first-order chi connectivity index (χ1) is 11.6. The van der Waals surface area contributed by atoms with Gasteiger partial charge in [-0.25, -0.2) is 8.78 Å². The second kappa shape index (κ2) is 9.71. The van der Waals surface area contributed by atoms with E-state index in [9.17, 15) is 8.78 Å². The molecule has 0 aliphatic carbocycles. The second-order valence-corrected chi connectivity index (χ2v) is 6.76. The molecule has 0 bridgehead atoms. The zero-order chi connectivity index (χ0) is 17.4. The molecule has 0 aromatic heterocycles. The summed E-state index contributed by atoms with van der Waals surface area (Å²) in [5, 5.41) is 6.67. The molecule has 1 heterocycles. The summed E-state index contributed by atoms with van der Waals surface area (Å²) >= 11 is 1.82. The number of hydrogen-bond acceptors (Lipinski definition) is 3. The molecule has 2 N–H and O–H groups in total. The molecule has 2 rings (SSSR count). The average molecular weight is 356 g/mol. The minimum Gasteiger partial charge on any atom is -0.367 e. The van der Waals surface area contributed by atoms with Gasteiger partial charge in [-0.05, 0) is 43.9 Å². The molecule has 0 saturated carbocycles. The Bertz CT molecular complexity index is 553. The maximum absolute atomic E-state index is 13.9.